The molecule has 1 N–H and O–H groups in total. The fourth-order valence-electron chi connectivity index (χ4n) is 4.05. The van der Waals surface area contributed by atoms with Gasteiger partial charge in [-0.1, -0.05) is 72.4 Å². The Hall–Kier alpha value is -4.10. The molecule has 0 bridgehead atoms. The number of benzene rings is 4. The highest BCUT2D eigenvalue weighted by Gasteiger charge is 2.15. The van der Waals surface area contributed by atoms with Gasteiger partial charge in [-0.2, -0.15) is 0 Å². The SMILES string of the molecule is CCn1c(Cc2cccc3ccccc23)nnc1SCC(=O)Nc1ccc(Oc2ccccc2)cc1. The Morgan fingerprint density at radius 2 is 1.58 bits per heavy atom. The number of thioether (sulfide) groups is 1. The minimum atomic E-state index is -0.0991. The normalized spacial score (nSPS) is 10.9. The van der Waals surface area contributed by atoms with Crippen LogP contribution in [-0.2, 0) is 17.8 Å². The highest BCUT2D eigenvalue weighted by Crippen LogP contribution is 2.25. The molecule has 6 nitrogen and oxygen atoms in total. The lowest BCUT2D eigenvalue weighted by atomic mass is 10.0. The Bertz CT molecular complexity index is 1460. The van der Waals surface area contributed by atoms with E-state index in [9.17, 15) is 4.79 Å². The third-order valence-corrected chi connectivity index (χ3v) is 6.75. The summed E-state index contributed by atoms with van der Waals surface area (Å²) in [6, 6.07) is 31.6. The number of aromatic nitrogens is 3. The van der Waals surface area contributed by atoms with Crippen LogP contribution in [0.5, 0.6) is 11.5 Å². The molecule has 1 heterocycles. The number of carbonyl (C=O) groups is 1. The number of anilines is 1. The first-order chi connectivity index (χ1) is 17.7. The number of fused-ring (bicyclic) bond motifs is 1. The van der Waals surface area contributed by atoms with Gasteiger partial charge >= 0.3 is 0 Å². The van der Waals surface area contributed by atoms with Crippen molar-refractivity contribution >= 4 is 34.1 Å². The van der Waals surface area contributed by atoms with Crippen LogP contribution in [0.1, 0.15) is 18.3 Å². The number of nitrogens with zero attached hydrogens (tertiary/aromatic N) is 3. The van der Waals surface area contributed by atoms with Gasteiger partial charge in [-0.15, -0.1) is 10.2 Å². The summed E-state index contributed by atoms with van der Waals surface area (Å²) in [7, 11) is 0. The topological polar surface area (TPSA) is 69.0 Å². The summed E-state index contributed by atoms with van der Waals surface area (Å²) < 4.78 is 7.88. The summed E-state index contributed by atoms with van der Waals surface area (Å²) >= 11 is 1.39. The predicted molar refractivity (Wildman–Crippen MR) is 145 cm³/mol. The molecule has 0 aliphatic carbocycles. The highest BCUT2D eigenvalue weighted by molar-refractivity contribution is 7.99. The van der Waals surface area contributed by atoms with Crippen LogP contribution in [0.3, 0.4) is 0 Å². The van der Waals surface area contributed by atoms with Gasteiger partial charge in [0.2, 0.25) is 5.91 Å². The van der Waals surface area contributed by atoms with Crippen molar-refractivity contribution in [3.05, 3.63) is 108 Å². The summed E-state index contributed by atoms with van der Waals surface area (Å²) in [4.78, 5) is 12.6. The van der Waals surface area contributed by atoms with Crippen molar-refractivity contribution in [2.75, 3.05) is 11.1 Å². The largest absolute Gasteiger partial charge is 0.457 e. The first kappa shape index (κ1) is 23.6. The number of rotatable bonds is 9. The minimum absolute atomic E-state index is 0.0991. The van der Waals surface area contributed by atoms with Crippen LogP contribution < -0.4 is 10.1 Å². The second kappa shape index (κ2) is 11.1. The van der Waals surface area contributed by atoms with Gasteiger partial charge in [-0.05, 0) is 59.7 Å². The van der Waals surface area contributed by atoms with Gasteiger partial charge in [-0.25, -0.2) is 0 Å². The third kappa shape index (κ3) is 5.58. The van der Waals surface area contributed by atoms with Crippen molar-refractivity contribution in [1.82, 2.24) is 14.8 Å². The third-order valence-electron chi connectivity index (χ3n) is 5.79. The maximum Gasteiger partial charge on any atom is 0.234 e. The van der Waals surface area contributed by atoms with E-state index in [-0.39, 0.29) is 11.7 Å². The molecule has 5 rings (SSSR count). The van der Waals surface area contributed by atoms with E-state index in [4.69, 9.17) is 4.74 Å². The smallest absolute Gasteiger partial charge is 0.234 e. The zero-order valence-corrected chi connectivity index (χ0v) is 20.7. The molecule has 7 heteroatoms. The number of hydrogen-bond donors (Lipinski definition) is 1. The van der Waals surface area contributed by atoms with Crippen molar-refractivity contribution in [2.24, 2.45) is 0 Å². The van der Waals surface area contributed by atoms with Crippen LogP contribution in [0, 0.1) is 0 Å². The zero-order valence-electron chi connectivity index (χ0n) is 19.9. The maximum atomic E-state index is 12.6. The van der Waals surface area contributed by atoms with Gasteiger partial charge in [0, 0.05) is 18.7 Å². The summed E-state index contributed by atoms with van der Waals surface area (Å²) in [5.74, 6) is 2.52. The molecule has 36 heavy (non-hydrogen) atoms. The Morgan fingerprint density at radius 3 is 2.39 bits per heavy atom. The number of hydrogen-bond acceptors (Lipinski definition) is 5. The first-order valence-corrected chi connectivity index (χ1v) is 12.8. The van der Waals surface area contributed by atoms with Gasteiger partial charge in [0.25, 0.3) is 0 Å². The molecule has 1 aromatic heterocycles. The van der Waals surface area contributed by atoms with E-state index < -0.39 is 0 Å². The number of carbonyl (C=O) groups excluding carboxylic acids is 1. The average Bonchev–Trinajstić information content (AvgIpc) is 3.31. The first-order valence-electron chi connectivity index (χ1n) is 11.8. The molecule has 5 aromatic rings. The van der Waals surface area contributed by atoms with Gasteiger partial charge < -0.3 is 14.6 Å². The predicted octanol–water partition coefficient (Wildman–Crippen LogP) is 6.57. The molecule has 0 aliphatic heterocycles. The van der Waals surface area contributed by atoms with Gasteiger partial charge in [-0.3, -0.25) is 4.79 Å². The summed E-state index contributed by atoms with van der Waals surface area (Å²) in [5, 5.41) is 14.9. The molecule has 0 saturated heterocycles. The van der Waals surface area contributed by atoms with Crippen LogP contribution in [-0.4, -0.2) is 26.4 Å². The molecule has 0 atom stereocenters. The molecule has 0 spiro atoms. The lowest BCUT2D eigenvalue weighted by molar-refractivity contribution is -0.113. The van der Waals surface area contributed by atoms with Crippen molar-refractivity contribution in [1.29, 1.82) is 0 Å². The average molecular weight is 495 g/mol. The van der Waals surface area contributed by atoms with Crippen LogP contribution in [0.2, 0.25) is 0 Å². The van der Waals surface area contributed by atoms with E-state index in [1.807, 2.05) is 60.7 Å². The maximum absolute atomic E-state index is 12.6. The molecule has 180 valence electrons. The second-order valence-corrected chi connectivity index (χ2v) is 9.18. The standard InChI is InChI=1S/C29H26N4O2S/c1-2-33-27(19-22-11-8-10-21-9-6-7-14-26(21)22)31-32-29(33)36-20-28(34)30-23-15-17-25(18-16-23)35-24-12-4-3-5-13-24/h3-18H,2,19-20H2,1H3,(H,30,34). The summed E-state index contributed by atoms with van der Waals surface area (Å²) in [6.07, 6.45) is 0.687. The quantitative estimate of drug-likeness (QED) is 0.235. The van der Waals surface area contributed by atoms with Crippen molar-refractivity contribution < 1.29 is 9.53 Å². The number of para-hydroxylation sites is 1. The molecule has 0 radical (unpaired) electrons. The van der Waals surface area contributed by atoms with E-state index in [1.165, 1.54) is 28.1 Å². The van der Waals surface area contributed by atoms with E-state index in [2.05, 4.69) is 63.4 Å². The Balaban J connectivity index is 1.19. The van der Waals surface area contributed by atoms with Crippen molar-refractivity contribution in [3.8, 4) is 11.5 Å². The van der Waals surface area contributed by atoms with Gasteiger partial charge in [0.05, 0.1) is 5.75 Å². The Morgan fingerprint density at radius 1 is 0.861 bits per heavy atom. The van der Waals surface area contributed by atoms with Gasteiger partial charge in [0.1, 0.15) is 17.3 Å². The molecule has 1 amide bonds. The number of ether oxygens (including phenoxy) is 1. The minimum Gasteiger partial charge on any atom is -0.457 e. The van der Waals surface area contributed by atoms with Crippen molar-refractivity contribution in [2.45, 2.75) is 25.0 Å². The fourth-order valence-corrected chi connectivity index (χ4v) is 4.87. The van der Waals surface area contributed by atoms with Crippen LogP contribution in [0.15, 0.2) is 102 Å². The summed E-state index contributed by atoms with van der Waals surface area (Å²) in [5.41, 5.74) is 1.93. The van der Waals surface area contributed by atoms with Crippen LogP contribution in [0.25, 0.3) is 10.8 Å². The van der Waals surface area contributed by atoms with Crippen LogP contribution >= 0.6 is 11.8 Å². The zero-order chi connectivity index (χ0) is 24.7. The molecule has 0 saturated carbocycles. The lowest BCUT2D eigenvalue weighted by Crippen LogP contribution is -2.14. The molecule has 0 aliphatic rings. The highest BCUT2D eigenvalue weighted by atomic mass is 32.2. The molecule has 0 fully saturated rings. The molecule has 0 unspecified atom stereocenters. The Kier molecular flexibility index (Phi) is 7.28. The number of amides is 1. The van der Waals surface area contributed by atoms with E-state index in [1.54, 1.807) is 0 Å². The second-order valence-electron chi connectivity index (χ2n) is 8.23. The number of nitrogens with one attached hydrogen (secondary N) is 1. The fraction of sp³-hybridized carbons (Fsp3) is 0.138. The van der Waals surface area contributed by atoms with Crippen LogP contribution in [0.4, 0.5) is 5.69 Å². The summed E-state index contributed by atoms with van der Waals surface area (Å²) in [6.45, 7) is 2.80. The molecular weight excluding hydrogens is 468 g/mol. The molecular formula is C29H26N4O2S. The monoisotopic (exact) mass is 494 g/mol. The van der Waals surface area contributed by atoms with Gasteiger partial charge in [0.15, 0.2) is 5.16 Å². The van der Waals surface area contributed by atoms with E-state index >= 15 is 0 Å². The van der Waals surface area contributed by atoms with Crippen molar-refractivity contribution in [3.63, 3.8) is 0 Å². The molecule has 4 aromatic carbocycles. The van der Waals surface area contributed by atoms with E-state index in [0.717, 1.165) is 29.0 Å². The lowest BCUT2D eigenvalue weighted by Gasteiger charge is -2.10. The van der Waals surface area contributed by atoms with E-state index in [0.29, 0.717) is 12.2 Å². The Labute approximate surface area is 214 Å².